The number of aromatic nitrogens is 3. The second-order valence-corrected chi connectivity index (χ2v) is 9.57. The van der Waals surface area contributed by atoms with Crippen LogP contribution in [0.3, 0.4) is 0 Å². The van der Waals surface area contributed by atoms with Crippen molar-refractivity contribution in [1.29, 1.82) is 5.26 Å². The molecule has 0 radical (unpaired) electrons. The Balaban J connectivity index is 1.26. The predicted molar refractivity (Wildman–Crippen MR) is 129 cm³/mol. The molecule has 2 aromatic heterocycles. The molecule has 0 N–H and O–H groups in total. The zero-order chi connectivity index (χ0) is 27.1. The summed E-state index contributed by atoms with van der Waals surface area (Å²) >= 11 is 0. The zero-order valence-electron chi connectivity index (χ0n) is 20.7. The van der Waals surface area contributed by atoms with Gasteiger partial charge in [-0.2, -0.15) is 23.4 Å². The molecule has 0 saturated carbocycles. The minimum absolute atomic E-state index is 0.0359. The number of nitrogens with zero attached hydrogens (tertiary/aromatic N) is 5. The number of benzene rings is 1. The normalized spacial score (nSPS) is 20.4. The van der Waals surface area contributed by atoms with E-state index in [4.69, 9.17) is 14.2 Å². The van der Waals surface area contributed by atoms with Crippen LogP contribution in [0.5, 0.6) is 17.4 Å². The average molecular weight is 528 g/mol. The monoisotopic (exact) mass is 527 g/mol. The Morgan fingerprint density at radius 1 is 1.26 bits per heavy atom. The van der Waals surface area contributed by atoms with Gasteiger partial charge in [-0.1, -0.05) is 6.07 Å². The second kappa shape index (κ2) is 9.64. The molecule has 198 valence electrons. The first-order chi connectivity index (χ1) is 18.1. The Labute approximate surface area is 216 Å². The molecular weight excluding hydrogens is 503 g/mol. The fraction of sp³-hybridized carbons (Fsp3) is 0.385. The number of ether oxygens (including phenoxy) is 3. The third kappa shape index (κ3) is 5.02. The van der Waals surface area contributed by atoms with Gasteiger partial charge >= 0.3 is 11.9 Å². The van der Waals surface area contributed by atoms with Crippen molar-refractivity contribution in [3.8, 4) is 23.4 Å². The van der Waals surface area contributed by atoms with E-state index in [9.17, 15) is 23.2 Å². The van der Waals surface area contributed by atoms with Gasteiger partial charge in [0.05, 0.1) is 37.0 Å². The standard InChI is InChI=1S/C26H24F3N5O4/c1-16-13-34-23-11-22(32-24(35)33(23)14-25(34,2)15-37-16)36-8-6-17-3-4-20(18(9-17)12-30)38-19-5-7-31-21(10-19)26(27,28)29/h3-5,7,9-11,16H,6,8,13-15H2,1-2H3/t16-,25+/m0/s1. The molecule has 0 aliphatic carbocycles. The van der Waals surface area contributed by atoms with Crippen molar-refractivity contribution in [2.45, 2.75) is 44.6 Å². The molecule has 12 heteroatoms. The Morgan fingerprint density at radius 3 is 2.84 bits per heavy atom. The highest BCUT2D eigenvalue weighted by atomic mass is 19.4. The molecular formula is C26H24F3N5O4. The summed E-state index contributed by atoms with van der Waals surface area (Å²) < 4.78 is 57.5. The molecule has 2 aliphatic heterocycles. The minimum atomic E-state index is -4.61. The van der Waals surface area contributed by atoms with Crippen molar-refractivity contribution in [2.75, 3.05) is 24.7 Å². The highest BCUT2D eigenvalue weighted by Crippen LogP contribution is 2.37. The van der Waals surface area contributed by atoms with Crippen LogP contribution in [-0.4, -0.2) is 45.9 Å². The Bertz CT molecular complexity index is 1470. The molecule has 1 aromatic carbocycles. The maximum atomic E-state index is 12.9. The van der Waals surface area contributed by atoms with Gasteiger partial charge in [0, 0.05) is 31.3 Å². The van der Waals surface area contributed by atoms with Gasteiger partial charge in [-0.15, -0.1) is 0 Å². The molecule has 5 rings (SSSR count). The molecule has 0 amide bonds. The first-order valence-electron chi connectivity index (χ1n) is 11.9. The molecule has 2 atom stereocenters. The molecule has 0 bridgehead atoms. The highest BCUT2D eigenvalue weighted by molar-refractivity contribution is 5.50. The van der Waals surface area contributed by atoms with Crippen LogP contribution in [0.2, 0.25) is 0 Å². The van der Waals surface area contributed by atoms with E-state index in [0.29, 0.717) is 26.1 Å². The summed E-state index contributed by atoms with van der Waals surface area (Å²) in [5, 5.41) is 9.55. The van der Waals surface area contributed by atoms with E-state index in [1.54, 1.807) is 22.8 Å². The van der Waals surface area contributed by atoms with E-state index in [1.807, 2.05) is 13.0 Å². The Hall–Kier alpha value is -4.11. The van der Waals surface area contributed by atoms with Crippen LogP contribution in [0.1, 0.15) is 30.7 Å². The van der Waals surface area contributed by atoms with E-state index in [0.717, 1.165) is 23.6 Å². The number of alkyl halides is 3. The molecule has 1 fully saturated rings. The van der Waals surface area contributed by atoms with Gasteiger partial charge in [-0.25, -0.2) is 4.79 Å². The van der Waals surface area contributed by atoms with Crippen molar-refractivity contribution < 1.29 is 27.4 Å². The maximum Gasteiger partial charge on any atom is 0.433 e. The molecule has 0 unspecified atom stereocenters. The fourth-order valence-electron chi connectivity index (χ4n) is 4.63. The summed E-state index contributed by atoms with van der Waals surface area (Å²) in [6.45, 7) is 5.89. The fourth-order valence-corrected chi connectivity index (χ4v) is 4.63. The van der Waals surface area contributed by atoms with E-state index >= 15 is 0 Å². The van der Waals surface area contributed by atoms with Gasteiger partial charge in [0.2, 0.25) is 5.88 Å². The van der Waals surface area contributed by atoms with Crippen LogP contribution < -0.4 is 20.1 Å². The Morgan fingerprint density at radius 2 is 2.08 bits per heavy atom. The quantitative estimate of drug-likeness (QED) is 0.475. The maximum absolute atomic E-state index is 12.9. The SMILES string of the molecule is C[C@H]1CN2c3cc(OCCc4ccc(Oc5ccnc(C(F)(F)F)c5)c(C#N)c4)nc(=O)n3C[C@]2(C)CO1. The number of fused-ring (bicyclic) bond motifs is 3. The number of rotatable bonds is 6. The number of anilines is 1. The zero-order valence-corrected chi connectivity index (χ0v) is 20.7. The van der Waals surface area contributed by atoms with Crippen molar-refractivity contribution in [3.63, 3.8) is 0 Å². The van der Waals surface area contributed by atoms with Crippen LogP contribution in [0.15, 0.2) is 47.4 Å². The second-order valence-electron chi connectivity index (χ2n) is 9.57. The molecule has 9 nitrogen and oxygen atoms in total. The lowest BCUT2D eigenvalue weighted by Crippen LogP contribution is -2.55. The number of morpholine rings is 1. The summed E-state index contributed by atoms with van der Waals surface area (Å²) in [5.74, 6) is 0.992. The number of hydrogen-bond acceptors (Lipinski definition) is 8. The number of halogens is 3. The number of nitriles is 1. The third-order valence-electron chi connectivity index (χ3n) is 6.57. The van der Waals surface area contributed by atoms with E-state index in [2.05, 4.69) is 21.8 Å². The van der Waals surface area contributed by atoms with Gasteiger partial charge in [-0.05, 0) is 37.6 Å². The first-order valence-corrected chi connectivity index (χ1v) is 11.9. The molecule has 1 saturated heterocycles. The summed E-state index contributed by atoms with van der Waals surface area (Å²) in [7, 11) is 0. The topological polar surface area (TPSA) is 103 Å². The van der Waals surface area contributed by atoms with Crippen LogP contribution in [-0.2, 0) is 23.9 Å². The van der Waals surface area contributed by atoms with Crippen LogP contribution >= 0.6 is 0 Å². The minimum Gasteiger partial charge on any atom is -0.477 e. The molecule has 3 aromatic rings. The Kier molecular flexibility index (Phi) is 6.48. The molecule has 2 aliphatic rings. The average Bonchev–Trinajstić information content (AvgIpc) is 3.17. The predicted octanol–water partition coefficient (Wildman–Crippen LogP) is 3.94. The van der Waals surface area contributed by atoms with Gasteiger partial charge < -0.3 is 19.1 Å². The lowest BCUT2D eigenvalue weighted by atomic mass is 10.0. The van der Waals surface area contributed by atoms with Gasteiger partial charge in [0.1, 0.15) is 29.1 Å². The van der Waals surface area contributed by atoms with Gasteiger partial charge in [-0.3, -0.25) is 9.55 Å². The largest absolute Gasteiger partial charge is 0.477 e. The van der Waals surface area contributed by atoms with Gasteiger partial charge in [0.15, 0.2) is 0 Å². The van der Waals surface area contributed by atoms with Gasteiger partial charge in [0.25, 0.3) is 0 Å². The lowest BCUT2D eigenvalue weighted by molar-refractivity contribution is -0.141. The molecule has 4 heterocycles. The van der Waals surface area contributed by atoms with Crippen LogP contribution in [0.25, 0.3) is 0 Å². The first kappa shape index (κ1) is 25.5. The number of pyridine rings is 1. The van der Waals surface area contributed by atoms with Crippen LogP contribution in [0, 0.1) is 11.3 Å². The summed E-state index contributed by atoms with van der Waals surface area (Å²) in [5.41, 5.74) is -0.899. The van der Waals surface area contributed by atoms with E-state index in [1.165, 1.54) is 12.1 Å². The highest BCUT2D eigenvalue weighted by Gasteiger charge is 2.45. The van der Waals surface area contributed by atoms with Crippen LogP contribution in [0.4, 0.5) is 19.0 Å². The van der Waals surface area contributed by atoms with Crippen molar-refractivity contribution in [1.82, 2.24) is 14.5 Å². The van der Waals surface area contributed by atoms with Crippen molar-refractivity contribution >= 4 is 5.82 Å². The summed E-state index contributed by atoms with van der Waals surface area (Å²) in [6, 6.07) is 10.6. The molecule has 38 heavy (non-hydrogen) atoms. The van der Waals surface area contributed by atoms with Crippen molar-refractivity contribution in [2.24, 2.45) is 0 Å². The van der Waals surface area contributed by atoms with E-state index in [-0.39, 0.29) is 46.9 Å². The lowest BCUT2D eigenvalue weighted by Gasteiger charge is -2.42. The van der Waals surface area contributed by atoms with Crippen molar-refractivity contribution in [3.05, 3.63) is 69.9 Å². The smallest absolute Gasteiger partial charge is 0.433 e. The third-order valence-corrected chi connectivity index (χ3v) is 6.57. The summed E-state index contributed by atoms with van der Waals surface area (Å²) in [4.78, 5) is 22.2. The summed E-state index contributed by atoms with van der Waals surface area (Å²) in [6.07, 6.45) is -3.18. The molecule has 0 spiro atoms. The number of hydrogen-bond donors (Lipinski definition) is 0. The van der Waals surface area contributed by atoms with E-state index < -0.39 is 11.9 Å².